The van der Waals surface area contributed by atoms with E-state index in [-0.39, 0.29) is 12.3 Å². The third kappa shape index (κ3) is 4.69. The van der Waals surface area contributed by atoms with Crippen LogP contribution >= 0.6 is 11.3 Å². The van der Waals surface area contributed by atoms with Gasteiger partial charge < -0.3 is 24.3 Å². The summed E-state index contributed by atoms with van der Waals surface area (Å²) in [5, 5.41) is 13.2. The number of amides is 1. The number of hydrogen-bond donors (Lipinski definition) is 2. The molecule has 0 aliphatic rings. The molecule has 2 N–H and O–H groups in total. The van der Waals surface area contributed by atoms with Gasteiger partial charge in [0.05, 0.1) is 33.4 Å². The zero-order valence-electron chi connectivity index (χ0n) is 15.1. The van der Waals surface area contributed by atoms with Crippen LogP contribution in [0, 0.1) is 0 Å². The number of carbonyl (C=O) groups excluding carboxylic acids is 1. The quantitative estimate of drug-likeness (QED) is 0.620. The predicted molar refractivity (Wildman–Crippen MR) is 102 cm³/mol. The number of furan rings is 1. The van der Waals surface area contributed by atoms with Gasteiger partial charge in [0.2, 0.25) is 5.91 Å². The van der Waals surface area contributed by atoms with Gasteiger partial charge in [0, 0.05) is 9.75 Å². The fraction of sp³-hybridized carbons (Fsp3) is 0.250. The van der Waals surface area contributed by atoms with Gasteiger partial charge in [-0.05, 0) is 42.0 Å². The van der Waals surface area contributed by atoms with Crippen molar-refractivity contribution in [3.8, 4) is 11.5 Å². The van der Waals surface area contributed by atoms with Gasteiger partial charge in [0.25, 0.3) is 0 Å². The summed E-state index contributed by atoms with van der Waals surface area (Å²) in [6.07, 6.45) is 0.982. The van der Waals surface area contributed by atoms with Crippen LogP contribution in [0.25, 0.3) is 0 Å². The molecule has 2 aromatic heterocycles. The highest BCUT2D eigenvalue weighted by Gasteiger charge is 2.16. The summed E-state index contributed by atoms with van der Waals surface area (Å²) in [4.78, 5) is 14.0. The third-order valence-electron chi connectivity index (χ3n) is 4.04. The van der Waals surface area contributed by atoms with Crippen molar-refractivity contribution in [3.63, 3.8) is 0 Å². The van der Waals surface area contributed by atoms with Gasteiger partial charge in [-0.3, -0.25) is 4.79 Å². The summed E-state index contributed by atoms with van der Waals surface area (Å²) >= 11 is 1.44. The summed E-state index contributed by atoms with van der Waals surface area (Å²) in [6.45, 7) is 0.404. The number of benzene rings is 1. The minimum Gasteiger partial charge on any atom is -0.493 e. The average Bonchev–Trinajstić information content (AvgIpc) is 3.37. The lowest BCUT2D eigenvalue weighted by Gasteiger charge is -2.09. The van der Waals surface area contributed by atoms with E-state index < -0.39 is 6.10 Å². The van der Waals surface area contributed by atoms with E-state index in [9.17, 15) is 9.90 Å². The van der Waals surface area contributed by atoms with Crippen molar-refractivity contribution >= 4 is 17.2 Å². The summed E-state index contributed by atoms with van der Waals surface area (Å²) < 4.78 is 15.7. The molecule has 27 heavy (non-hydrogen) atoms. The summed E-state index contributed by atoms with van der Waals surface area (Å²) in [5.74, 6) is 1.63. The molecule has 1 unspecified atom stereocenters. The number of ether oxygens (including phenoxy) is 2. The Kier molecular flexibility index (Phi) is 6.16. The zero-order chi connectivity index (χ0) is 19.2. The number of methoxy groups -OCH3 is 2. The smallest absolute Gasteiger partial charge is 0.224 e. The van der Waals surface area contributed by atoms with Crippen LogP contribution in [0.15, 0.2) is 53.1 Å². The van der Waals surface area contributed by atoms with Crippen LogP contribution in [-0.4, -0.2) is 25.2 Å². The molecule has 1 amide bonds. The third-order valence-corrected chi connectivity index (χ3v) is 5.17. The highest BCUT2D eigenvalue weighted by atomic mass is 32.1. The number of rotatable bonds is 8. The van der Waals surface area contributed by atoms with Gasteiger partial charge in [-0.1, -0.05) is 6.07 Å². The van der Waals surface area contributed by atoms with Crippen LogP contribution in [0.3, 0.4) is 0 Å². The first kappa shape index (κ1) is 19.0. The second-order valence-corrected chi connectivity index (χ2v) is 7.06. The molecule has 0 fully saturated rings. The highest BCUT2D eigenvalue weighted by molar-refractivity contribution is 7.12. The van der Waals surface area contributed by atoms with E-state index in [0.29, 0.717) is 23.8 Å². The molecule has 0 saturated carbocycles. The Morgan fingerprint density at radius 2 is 2.00 bits per heavy atom. The number of thiophene rings is 1. The molecule has 7 heteroatoms. The number of nitrogens with one attached hydrogen (secondary N) is 1. The molecule has 0 saturated heterocycles. The van der Waals surface area contributed by atoms with Gasteiger partial charge >= 0.3 is 0 Å². The van der Waals surface area contributed by atoms with Gasteiger partial charge in [-0.15, -0.1) is 11.3 Å². The van der Waals surface area contributed by atoms with Crippen LogP contribution in [0.2, 0.25) is 0 Å². The van der Waals surface area contributed by atoms with Crippen LogP contribution in [0.5, 0.6) is 11.5 Å². The number of hydrogen-bond acceptors (Lipinski definition) is 6. The monoisotopic (exact) mass is 387 g/mol. The molecule has 3 aromatic rings. The molecule has 142 valence electrons. The topological polar surface area (TPSA) is 80.9 Å². The maximum Gasteiger partial charge on any atom is 0.224 e. The van der Waals surface area contributed by atoms with Crippen molar-refractivity contribution in [2.45, 2.75) is 19.1 Å². The van der Waals surface area contributed by atoms with E-state index in [1.165, 1.54) is 17.6 Å². The van der Waals surface area contributed by atoms with Crippen molar-refractivity contribution in [2.24, 2.45) is 0 Å². The van der Waals surface area contributed by atoms with Crippen molar-refractivity contribution in [3.05, 3.63) is 69.8 Å². The maximum absolute atomic E-state index is 12.2. The Labute approximate surface area is 161 Å². The summed E-state index contributed by atoms with van der Waals surface area (Å²) in [6, 6.07) is 12.6. The molecule has 2 heterocycles. The Balaban J connectivity index is 1.55. The first-order valence-corrected chi connectivity index (χ1v) is 9.20. The Bertz CT molecular complexity index is 888. The molecule has 3 rings (SSSR count). The van der Waals surface area contributed by atoms with Crippen molar-refractivity contribution in [1.29, 1.82) is 0 Å². The fourth-order valence-corrected chi connectivity index (χ4v) is 3.59. The molecule has 1 atom stereocenters. The lowest BCUT2D eigenvalue weighted by atomic mass is 10.1. The molecule has 0 radical (unpaired) electrons. The second kappa shape index (κ2) is 8.75. The van der Waals surface area contributed by atoms with E-state index in [0.717, 1.165) is 15.3 Å². The van der Waals surface area contributed by atoms with Crippen LogP contribution < -0.4 is 14.8 Å². The van der Waals surface area contributed by atoms with Gasteiger partial charge in [-0.2, -0.15) is 0 Å². The van der Waals surface area contributed by atoms with E-state index in [1.54, 1.807) is 38.5 Å². The summed E-state index contributed by atoms with van der Waals surface area (Å²) in [5.41, 5.74) is 0.838. The van der Waals surface area contributed by atoms with Crippen LogP contribution in [0.1, 0.15) is 27.2 Å². The van der Waals surface area contributed by atoms with Crippen LogP contribution in [-0.2, 0) is 17.8 Å². The minimum absolute atomic E-state index is 0.0937. The Hall–Kier alpha value is -2.77. The zero-order valence-corrected chi connectivity index (χ0v) is 15.9. The highest BCUT2D eigenvalue weighted by Crippen LogP contribution is 2.29. The molecule has 0 spiro atoms. The maximum atomic E-state index is 12.2. The largest absolute Gasteiger partial charge is 0.493 e. The molecular formula is C20H21NO5S. The Morgan fingerprint density at radius 1 is 1.19 bits per heavy atom. The number of aliphatic hydroxyl groups is 1. The molecule has 0 aliphatic carbocycles. The lowest BCUT2D eigenvalue weighted by Crippen LogP contribution is -2.24. The first-order chi connectivity index (χ1) is 13.1. The first-order valence-electron chi connectivity index (χ1n) is 8.38. The normalized spacial score (nSPS) is 11.8. The van der Waals surface area contributed by atoms with Gasteiger partial charge in [-0.25, -0.2) is 0 Å². The average molecular weight is 387 g/mol. The van der Waals surface area contributed by atoms with Crippen molar-refractivity contribution in [2.75, 3.05) is 14.2 Å². The Morgan fingerprint density at radius 3 is 2.70 bits per heavy atom. The molecule has 0 aliphatic heterocycles. The van der Waals surface area contributed by atoms with E-state index in [4.69, 9.17) is 13.9 Å². The van der Waals surface area contributed by atoms with E-state index in [2.05, 4.69) is 5.32 Å². The SMILES string of the molecule is COc1ccc(CC(=O)NCc2ccc(C(O)c3ccco3)s2)cc1OC. The van der Waals surface area contributed by atoms with Gasteiger partial charge in [0.15, 0.2) is 11.5 Å². The number of aliphatic hydroxyl groups excluding tert-OH is 1. The molecule has 6 nitrogen and oxygen atoms in total. The molecule has 1 aromatic carbocycles. The lowest BCUT2D eigenvalue weighted by molar-refractivity contribution is -0.120. The second-order valence-electron chi connectivity index (χ2n) is 5.86. The molecular weight excluding hydrogens is 366 g/mol. The van der Waals surface area contributed by atoms with Crippen molar-refractivity contribution in [1.82, 2.24) is 5.32 Å². The van der Waals surface area contributed by atoms with Crippen molar-refractivity contribution < 1.29 is 23.8 Å². The fourth-order valence-electron chi connectivity index (χ4n) is 2.65. The van der Waals surface area contributed by atoms with E-state index in [1.807, 2.05) is 18.2 Å². The number of carbonyl (C=O) groups is 1. The van der Waals surface area contributed by atoms with E-state index >= 15 is 0 Å². The standard InChI is InChI=1S/C20H21NO5S/c1-24-15-7-5-13(10-17(15)25-2)11-19(22)21-12-14-6-8-18(27-14)20(23)16-4-3-9-26-16/h3-10,20,23H,11-12H2,1-2H3,(H,21,22). The predicted octanol–water partition coefficient (Wildman–Crippen LogP) is 3.30. The summed E-state index contributed by atoms with van der Waals surface area (Å²) in [7, 11) is 3.13. The molecule has 0 bridgehead atoms. The van der Waals surface area contributed by atoms with Crippen LogP contribution in [0.4, 0.5) is 0 Å². The van der Waals surface area contributed by atoms with Gasteiger partial charge in [0.1, 0.15) is 11.9 Å². The minimum atomic E-state index is -0.791.